The summed E-state index contributed by atoms with van der Waals surface area (Å²) < 4.78 is 0. The van der Waals surface area contributed by atoms with Crippen LogP contribution >= 0.6 is 7.92 Å². The van der Waals surface area contributed by atoms with Gasteiger partial charge in [0.15, 0.2) is 0 Å². The average molecular weight is 162 g/mol. The first-order valence-electron chi connectivity index (χ1n) is 3.86. The Morgan fingerprint density at radius 3 is 2.64 bits per heavy atom. The second kappa shape index (κ2) is 2.79. The minimum Gasteiger partial charge on any atom is -0.102 e. The van der Waals surface area contributed by atoms with Gasteiger partial charge in [0, 0.05) is 5.66 Å². The quantitative estimate of drug-likeness (QED) is 0.462. The summed E-state index contributed by atoms with van der Waals surface area (Å²) >= 11 is 0. The summed E-state index contributed by atoms with van der Waals surface area (Å²) in [6.45, 7) is 3.81. The molecule has 0 radical (unpaired) electrons. The number of hydrogen-bond donors (Lipinski definition) is 0. The molecule has 0 bridgehead atoms. The van der Waals surface area contributed by atoms with E-state index in [0.29, 0.717) is 0 Å². The molecule has 1 heterocycles. The second-order valence-electron chi connectivity index (χ2n) is 2.79. The SMILES string of the molecule is C=C[C@@H]1C[P@@]1c1ccccc1. The Morgan fingerprint density at radius 2 is 2.09 bits per heavy atom. The summed E-state index contributed by atoms with van der Waals surface area (Å²) in [7, 11) is 0.173. The van der Waals surface area contributed by atoms with E-state index in [2.05, 4.69) is 43.0 Å². The molecule has 0 saturated carbocycles. The van der Waals surface area contributed by atoms with Crippen LogP contribution in [0.5, 0.6) is 0 Å². The Labute approximate surface area is 68.7 Å². The third kappa shape index (κ3) is 1.36. The number of hydrogen-bond acceptors (Lipinski definition) is 0. The Balaban J connectivity index is 2.14. The van der Waals surface area contributed by atoms with E-state index in [1.165, 1.54) is 11.5 Å². The van der Waals surface area contributed by atoms with Crippen molar-refractivity contribution in [2.75, 3.05) is 6.16 Å². The second-order valence-corrected chi connectivity index (χ2v) is 5.28. The van der Waals surface area contributed by atoms with Crippen molar-refractivity contribution in [1.29, 1.82) is 0 Å². The van der Waals surface area contributed by atoms with Crippen LogP contribution in [0.15, 0.2) is 43.0 Å². The molecule has 0 spiro atoms. The molecule has 0 N–H and O–H groups in total. The van der Waals surface area contributed by atoms with Gasteiger partial charge in [-0.3, -0.25) is 0 Å². The third-order valence-corrected chi connectivity index (χ3v) is 4.48. The van der Waals surface area contributed by atoms with E-state index >= 15 is 0 Å². The largest absolute Gasteiger partial charge is 0.102 e. The summed E-state index contributed by atoms with van der Waals surface area (Å²) in [5.74, 6) is 0. The molecule has 1 saturated heterocycles. The van der Waals surface area contributed by atoms with Crippen LogP contribution in [-0.4, -0.2) is 11.8 Å². The lowest BCUT2D eigenvalue weighted by molar-refractivity contribution is 1.42. The van der Waals surface area contributed by atoms with E-state index in [9.17, 15) is 0 Å². The van der Waals surface area contributed by atoms with Crippen LogP contribution in [0.25, 0.3) is 0 Å². The van der Waals surface area contributed by atoms with Crippen molar-refractivity contribution in [2.24, 2.45) is 0 Å². The zero-order chi connectivity index (χ0) is 7.68. The standard InChI is InChI=1S/C10H11P/c1-2-9-8-11(9)10-6-4-3-5-7-10/h2-7,9H,1,8H2/t9-,11-/m1/s1. The molecule has 1 aliphatic heterocycles. The fourth-order valence-electron chi connectivity index (χ4n) is 1.27. The number of rotatable bonds is 2. The van der Waals surface area contributed by atoms with Gasteiger partial charge < -0.3 is 0 Å². The topological polar surface area (TPSA) is 0 Å². The molecule has 0 amide bonds. The molecule has 1 aromatic rings. The third-order valence-electron chi connectivity index (χ3n) is 2.01. The predicted molar refractivity (Wildman–Crippen MR) is 51.8 cm³/mol. The van der Waals surface area contributed by atoms with Crippen LogP contribution in [0.2, 0.25) is 0 Å². The van der Waals surface area contributed by atoms with Crippen molar-refractivity contribution in [3.05, 3.63) is 43.0 Å². The molecule has 2 atom stereocenters. The van der Waals surface area contributed by atoms with Gasteiger partial charge in [-0.1, -0.05) is 44.3 Å². The fraction of sp³-hybridized carbons (Fsp3) is 0.200. The fourth-order valence-corrected chi connectivity index (χ4v) is 3.38. The summed E-state index contributed by atoms with van der Waals surface area (Å²) in [5.41, 5.74) is 0.812. The van der Waals surface area contributed by atoms with Gasteiger partial charge in [-0.2, -0.15) is 0 Å². The smallest absolute Gasteiger partial charge is 0.00506 e. The lowest BCUT2D eigenvalue weighted by Crippen LogP contribution is -1.91. The van der Waals surface area contributed by atoms with E-state index < -0.39 is 0 Å². The summed E-state index contributed by atoms with van der Waals surface area (Å²) in [5, 5.41) is 1.53. The Kier molecular flexibility index (Phi) is 1.79. The minimum atomic E-state index is 0.173. The molecule has 11 heavy (non-hydrogen) atoms. The van der Waals surface area contributed by atoms with Crippen molar-refractivity contribution < 1.29 is 0 Å². The Bertz CT molecular complexity index is 253. The first-order valence-corrected chi connectivity index (χ1v) is 5.45. The van der Waals surface area contributed by atoms with E-state index in [1.54, 1.807) is 0 Å². The van der Waals surface area contributed by atoms with E-state index in [4.69, 9.17) is 0 Å². The molecule has 0 aliphatic carbocycles. The molecule has 1 heteroatoms. The van der Waals surface area contributed by atoms with E-state index in [0.717, 1.165) is 5.66 Å². The first kappa shape index (κ1) is 7.06. The highest BCUT2D eigenvalue weighted by Crippen LogP contribution is 2.57. The van der Waals surface area contributed by atoms with E-state index in [1.807, 2.05) is 0 Å². The molecule has 56 valence electrons. The van der Waals surface area contributed by atoms with Crippen molar-refractivity contribution >= 4 is 13.2 Å². The maximum Gasteiger partial charge on any atom is 0.00506 e. The van der Waals surface area contributed by atoms with Crippen LogP contribution < -0.4 is 5.30 Å². The van der Waals surface area contributed by atoms with Gasteiger partial charge in [0.2, 0.25) is 0 Å². The van der Waals surface area contributed by atoms with E-state index in [-0.39, 0.29) is 7.92 Å². The van der Waals surface area contributed by atoms with Crippen molar-refractivity contribution in [3.8, 4) is 0 Å². The molecule has 0 nitrogen and oxygen atoms in total. The highest BCUT2D eigenvalue weighted by atomic mass is 31.1. The van der Waals surface area contributed by atoms with Crippen LogP contribution in [0, 0.1) is 0 Å². The highest BCUT2D eigenvalue weighted by Gasteiger charge is 2.34. The van der Waals surface area contributed by atoms with Gasteiger partial charge in [-0.25, -0.2) is 0 Å². The number of benzene rings is 1. The normalized spacial score (nSPS) is 28.0. The molecule has 2 rings (SSSR count). The predicted octanol–water partition coefficient (Wildman–Crippen LogP) is 2.36. The Morgan fingerprint density at radius 1 is 1.36 bits per heavy atom. The van der Waals surface area contributed by atoms with Crippen LogP contribution in [0.1, 0.15) is 0 Å². The molecule has 1 aromatic carbocycles. The molecular weight excluding hydrogens is 151 g/mol. The van der Waals surface area contributed by atoms with Crippen LogP contribution in [0.3, 0.4) is 0 Å². The molecule has 0 unspecified atom stereocenters. The van der Waals surface area contributed by atoms with Crippen molar-refractivity contribution in [3.63, 3.8) is 0 Å². The van der Waals surface area contributed by atoms with Crippen molar-refractivity contribution in [1.82, 2.24) is 0 Å². The molecule has 1 aliphatic rings. The van der Waals surface area contributed by atoms with Crippen molar-refractivity contribution in [2.45, 2.75) is 5.66 Å². The molecule has 0 aromatic heterocycles. The zero-order valence-electron chi connectivity index (χ0n) is 6.40. The first-order chi connectivity index (χ1) is 5.42. The van der Waals surface area contributed by atoms with Gasteiger partial charge >= 0.3 is 0 Å². The maximum absolute atomic E-state index is 3.81. The monoisotopic (exact) mass is 162 g/mol. The lowest BCUT2D eigenvalue weighted by Gasteiger charge is -1.95. The Hall–Kier alpha value is -0.610. The maximum atomic E-state index is 3.81. The average Bonchev–Trinajstić information content (AvgIpc) is 2.85. The summed E-state index contributed by atoms with van der Waals surface area (Å²) in [6.07, 6.45) is 3.46. The van der Waals surface area contributed by atoms with Gasteiger partial charge in [-0.05, 0) is 11.5 Å². The van der Waals surface area contributed by atoms with Gasteiger partial charge in [-0.15, -0.1) is 6.58 Å². The summed E-state index contributed by atoms with van der Waals surface area (Å²) in [6, 6.07) is 10.8. The lowest BCUT2D eigenvalue weighted by atomic mass is 10.4. The number of allylic oxidation sites excluding steroid dienone is 1. The van der Waals surface area contributed by atoms with Gasteiger partial charge in [0.25, 0.3) is 0 Å². The summed E-state index contributed by atoms with van der Waals surface area (Å²) in [4.78, 5) is 0. The van der Waals surface area contributed by atoms with Crippen LogP contribution in [-0.2, 0) is 0 Å². The van der Waals surface area contributed by atoms with Crippen LogP contribution in [0.4, 0.5) is 0 Å². The van der Waals surface area contributed by atoms with Gasteiger partial charge in [0.05, 0.1) is 0 Å². The van der Waals surface area contributed by atoms with Gasteiger partial charge in [0.1, 0.15) is 0 Å². The zero-order valence-corrected chi connectivity index (χ0v) is 7.30. The highest BCUT2D eigenvalue weighted by molar-refractivity contribution is 7.73. The minimum absolute atomic E-state index is 0.173. The molecular formula is C10H11P. The molecule has 1 fully saturated rings.